The highest BCUT2D eigenvalue weighted by Gasteiger charge is 2.30. The topological polar surface area (TPSA) is 54.8 Å². The van der Waals surface area contributed by atoms with Crippen molar-refractivity contribution in [1.82, 2.24) is 19.9 Å². The number of aryl methyl sites for hydroxylation is 2. The Morgan fingerprint density at radius 3 is 2.52 bits per heavy atom. The predicted molar refractivity (Wildman–Crippen MR) is 100 cm³/mol. The molecule has 9 heteroatoms. The van der Waals surface area contributed by atoms with Gasteiger partial charge >= 0.3 is 5.92 Å². The average molecular weight is 394 g/mol. The summed E-state index contributed by atoms with van der Waals surface area (Å²) in [5.41, 5.74) is 2.05. The highest BCUT2D eigenvalue weighted by molar-refractivity contribution is 5.85. The van der Waals surface area contributed by atoms with E-state index in [4.69, 9.17) is 0 Å². The van der Waals surface area contributed by atoms with Gasteiger partial charge in [0.1, 0.15) is 5.82 Å². The summed E-state index contributed by atoms with van der Waals surface area (Å²) in [7, 11) is 1.58. The zero-order chi connectivity index (χ0) is 16.6. The largest absolute Gasteiger partial charge is 0.366 e. The second-order valence-corrected chi connectivity index (χ2v) is 6.11. The van der Waals surface area contributed by atoms with Crippen LogP contribution in [-0.2, 0) is 13.0 Å². The molecule has 1 atom stereocenters. The van der Waals surface area contributed by atoms with E-state index in [-0.39, 0.29) is 30.6 Å². The van der Waals surface area contributed by atoms with Crippen LogP contribution >= 0.6 is 24.8 Å². The van der Waals surface area contributed by atoms with Crippen molar-refractivity contribution in [1.29, 1.82) is 0 Å². The lowest BCUT2D eigenvalue weighted by atomic mass is 10.1. The number of hydrogen-bond acceptors (Lipinski definition) is 4. The summed E-state index contributed by atoms with van der Waals surface area (Å²) in [4.78, 5) is 8.63. The van der Waals surface area contributed by atoms with Crippen LogP contribution < -0.4 is 10.6 Å². The van der Waals surface area contributed by atoms with Gasteiger partial charge in [0, 0.05) is 44.0 Å². The molecule has 1 aliphatic rings. The second-order valence-electron chi connectivity index (χ2n) is 6.11. The van der Waals surface area contributed by atoms with Crippen LogP contribution in [0, 0.1) is 6.92 Å². The SMILES string of the molecule is Cc1nc(N[C@H]2CCNC2)ccc1-c1cn(C)c(C(C)(F)F)n1.Cl.Cl. The minimum Gasteiger partial charge on any atom is -0.366 e. The molecule has 1 saturated heterocycles. The summed E-state index contributed by atoms with van der Waals surface area (Å²) in [6.45, 7) is 4.66. The maximum Gasteiger partial charge on any atom is 0.302 e. The van der Waals surface area contributed by atoms with Gasteiger partial charge in [-0.2, -0.15) is 8.78 Å². The Bertz CT molecular complexity index is 709. The zero-order valence-electron chi connectivity index (χ0n) is 14.3. The van der Waals surface area contributed by atoms with Crippen molar-refractivity contribution in [3.8, 4) is 11.3 Å². The Labute approximate surface area is 158 Å². The first kappa shape index (κ1) is 21.6. The molecule has 1 aliphatic heterocycles. The van der Waals surface area contributed by atoms with Crippen LogP contribution in [0.25, 0.3) is 11.3 Å². The number of hydrogen-bond donors (Lipinski definition) is 2. The highest BCUT2D eigenvalue weighted by Crippen LogP contribution is 2.30. The number of imidazole rings is 1. The van der Waals surface area contributed by atoms with Crippen LogP contribution in [0.5, 0.6) is 0 Å². The normalized spacial score (nSPS) is 16.9. The molecule has 0 aromatic carbocycles. The molecule has 0 radical (unpaired) electrons. The number of anilines is 1. The van der Waals surface area contributed by atoms with Crippen LogP contribution in [0.4, 0.5) is 14.6 Å². The van der Waals surface area contributed by atoms with Crippen LogP contribution in [-0.4, -0.2) is 33.7 Å². The maximum absolute atomic E-state index is 13.5. The van der Waals surface area contributed by atoms with Gasteiger partial charge in [-0.1, -0.05) is 0 Å². The average Bonchev–Trinajstić information content (AvgIpc) is 3.08. The van der Waals surface area contributed by atoms with E-state index in [2.05, 4.69) is 20.6 Å². The lowest BCUT2D eigenvalue weighted by Gasteiger charge is -2.13. The van der Waals surface area contributed by atoms with E-state index in [1.807, 2.05) is 19.1 Å². The summed E-state index contributed by atoms with van der Waals surface area (Å²) >= 11 is 0. The van der Waals surface area contributed by atoms with Gasteiger partial charge in [0.2, 0.25) is 0 Å². The molecule has 2 aromatic heterocycles. The molecule has 2 N–H and O–H groups in total. The Balaban J connectivity index is 0.00000156. The molecule has 140 valence electrons. The molecule has 0 aliphatic carbocycles. The maximum atomic E-state index is 13.5. The summed E-state index contributed by atoms with van der Waals surface area (Å²) < 4.78 is 28.4. The predicted octanol–water partition coefficient (Wildman–Crippen LogP) is 3.52. The zero-order valence-corrected chi connectivity index (χ0v) is 16.0. The monoisotopic (exact) mass is 393 g/mol. The van der Waals surface area contributed by atoms with Crippen molar-refractivity contribution in [3.05, 3.63) is 29.8 Å². The molecule has 25 heavy (non-hydrogen) atoms. The Kier molecular flexibility index (Phi) is 7.17. The molecule has 1 fully saturated rings. The number of nitrogens with zero attached hydrogens (tertiary/aromatic N) is 3. The summed E-state index contributed by atoms with van der Waals surface area (Å²) in [6, 6.07) is 4.14. The van der Waals surface area contributed by atoms with Gasteiger partial charge in [-0.3, -0.25) is 0 Å². The number of rotatable bonds is 4. The lowest BCUT2D eigenvalue weighted by molar-refractivity contribution is 0.00509. The molecular formula is C16H23Cl2F2N5. The van der Waals surface area contributed by atoms with E-state index in [1.54, 1.807) is 13.2 Å². The van der Waals surface area contributed by atoms with Gasteiger partial charge in [-0.25, -0.2) is 9.97 Å². The van der Waals surface area contributed by atoms with E-state index < -0.39 is 5.92 Å². The van der Waals surface area contributed by atoms with Crippen molar-refractivity contribution in [2.45, 2.75) is 32.2 Å². The minimum atomic E-state index is -2.97. The van der Waals surface area contributed by atoms with Crippen molar-refractivity contribution in [2.24, 2.45) is 7.05 Å². The second kappa shape index (κ2) is 8.29. The van der Waals surface area contributed by atoms with Gasteiger partial charge in [0.15, 0.2) is 5.82 Å². The van der Waals surface area contributed by atoms with E-state index in [0.717, 1.165) is 43.5 Å². The minimum absolute atomic E-state index is 0. The molecular weight excluding hydrogens is 371 g/mol. The number of nitrogens with one attached hydrogen (secondary N) is 2. The standard InChI is InChI=1S/C16H21F2N5.2ClH/c1-10-12(13-9-23(3)15(22-13)16(2,17)18)4-5-14(20-10)21-11-6-7-19-8-11;;/h4-5,9,11,19H,6-8H2,1-3H3,(H,20,21);2*1H/t11-;;/m0../s1. The fourth-order valence-electron chi connectivity index (χ4n) is 2.90. The van der Waals surface area contributed by atoms with Gasteiger partial charge in [-0.05, 0) is 32.0 Å². The Morgan fingerprint density at radius 1 is 1.28 bits per heavy atom. The van der Waals surface area contributed by atoms with E-state index in [1.165, 1.54) is 4.57 Å². The van der Waals surface area contributed by atoms with E-state index in [9.17, 15) is 8.78 Å². The first-order chi connectivity index (χ1) is 10.8. The molecule has 0 spiro atoms. The van der Waals surface area contributed by atoms with Crippen LogP contribution in [0.3, 0.4) is 0 Å². The van der Waals surface area contributed by atoms with Crippen molar-refractivity contribution in [2.75, 3.05) is 18.4 Å². The third kappa shape index (κ3) is 4.80. The van der Waals surface area contributed by atoms with Gasteiger partial charge in [0.05, 0.1) is 5.69 Å². The number of alkyl halides is 2. The molecule has 3 rings (SSSR count). The summed E-state index contributed by atoms with van der Waals surface area (Å²) in [6.07, 6.45) is 2.68. The van der Waals surface area contributed by atoms with Crippen LogP contribution in [0.1, 0.15) is 24.9 Å². The molecule has 0 bridgehead atoms. The van der Waals surface area contributed by atoms with Crippen LogP contribution in [0.2, 0.25) is 0 Å². The van der Waals surface area contributed by atoms with E-state index >= 15 is 0 Å². The van der Waals surface area contributed by atoms with Gasteiger partial charge in [0.25, 0.3) is 0 Å². The molecule has 3 heterocycles. The molecule has 5 nitrogen and oxygen atoms in total. The smallest absolute Gasteiger partial charge is 0.302 e. The molecule has 0 unspecified atom stereocenters. The van der Waals surface area contributed by atoms with Crippen molar-refractivity contribution in [3.63, 3.8) is 0 Å². The quantitative estimate of drug-likeness (QED) is 0.834. The highest BCUT2D eigenvalue weighted by atomic mass is 35.5. The fraction of sp³-hybridized carbons (Fsp3) is 0.500. The molecule has 0 amide bonds. The molecule has 0 saturated carbocycles. The van der Waals surface area contributed by atoms with Gasteiger partial charge in [-0.15, -0.1) is 24.8 Å². The number of halogens is 4. The Hall–Kier alpha value is -1.44. The first-order valence-corrected chi connectivity index (χ1v) is 7.71. The third-order valence-electron chi connectivity index (χ3n) is 4.04. The van der Waals surface area contributed by atoms with Crippen molar-refractivity contribution >= 4 is 30.6 Å². The number of aromatic nitrogens is 3. The summed E-state index contributed by atoms with van der Waals surface area (Å²) in [5.74, 6) is -2.41. The third-order valence-corrected chi connectivity index (χ3v) is 4.04. The van der Waals surface area contributed by atoms with Gasteiger partial charge < -0.3 is 15.2 Å². The van der Waals surface area contributed by atoms with Crippen LogP contribution in [0.15, 0.2) is 18.3 Å². The van der Waals surface area contributed by atoms with E-state index in [0.29, 0.717) is 11.7 Å². The number of pyridine rings is 1. The molecule has 2 aromatic rings. The lowest BCUT2D eigenvalue weighted by Crippen LogP contribution is -2.22. The summed E-state index contributed by atoms with van der Waals surface area (Å²) in [5, 5.41) is 6.68. The Morgan fingerprint density at radius 2 is 2.00 bits per heavy atom. The van der Waals surface area contributed by atoms with Crippen molar-refractivity contribution < 1.29 is 8.78 Å². The first-order valence-electron chi connectivity index (χ1n) is 7.71. The fourth-order valence-corrected chi connectivity index (χ4v) is 2.90.